The van der Waals surface area contributed by atoms with Gasteiger partial charge in [0.15, 0.2) is 5.82 Å². The first-order valence-electron chi connectivity index (χ1n) is 13.5. The maximum Gasteiger partial charge on any atom is 0.341 e. The van der Waals surface area contributed by atoms with Crippen LogP contribution in [0.5, 0.6) is 5.75 Å². The summed E-state index contributed by atoms with van der Waals surface area (Å²) in [7, 11) is 5.78. The molecule has 1 atom stereocenters. The zero-order valence-corrected chi connectivity index (χ0v) is 24.3. The number of methoxy groups -OCH3 is 1. The standard InChI is InChI=1S/C30H36N8O3/c1-7-8-18-9-10-23-26(33-18)30(2,3)17-38(23)27-20(28(39)40)15-32-29(35-27)34-22-13-21(31)24(14-25(22)41-6)37-12-11-19(16-37)36(4)5/h9-10,13-15,19H,11-12,16-17,31H2,1-6H3,(H,39,40)(H,32,34,35)/t19-/m1/s1. The molecule has 1 saturated heterocycles. The van der Waals surface area contributed by atoms with E-state index in [1.165, 1.54) is 6.20 Å². The van der Waals surface area contributed by atoms with Gasteiger partial charge in [0, 0.05) is 43.4 Å². The summed E-state index contributed by atoms with van der Waals surface area (Å²) in [5.41, 5.74) is 10.5. The van der Waals surface area contributed by atoms with Crippen LogP contribution in [0.4, 0.5) is 34.5 Å². The summed E-state index contributed by atoms with van der Waals surface area (Å²) >= 11 is 0. The molecule has 0 unspecified atom stereocenters. The second kappa shape index (κ2) is 10.8. The molecule has 2 aliphatic rings. The second-order valence-electron chi connectivity index (χ2n) is 11.2. The van der Waals surface area contributed by atoms with E-state index in [0.717, 1.165) is 36.6 Å². The van der Waals surface area contributed by atoms with Crippen LogP contribution < -0.4 is 25.6 Å². The number of fused-ring (bicyclic) bond motifs is 1. The summed E-state index contributed by atoms with van der Waals surface area (Å²) in [5.74, 6) is 5.84. The molecule has 1 fully saturated rings. The number of carboxylic acids is 1. The highest BCUT2D eigenvalue weighted by molar-refractivity contribution is 5.95. The van der Waals surface area contributed by atoms with Crippen molar-refractivity contribution in [2.24, 2.45) is 0 Å². The zero-order valence-electron chi connectivity index (χ0n) is 24.3. The Morgan fingerprint density at radius 3 is 2.68 bits per heavy atom. The summed E-state index contributed by atoms with van der Waals surface area (Å²) in [6.07, 6.45) is 2.37. The van der Waals surface area contributed by atoms with Crippen molar-refractivity contribution in [1.82, 2.24) is 19.9 Å². The van der Waals surface area contributed by atoms with Crippen molar-refractivity contribution in [1.29, 1.82) is 0 Å². The number of carbonyl (C=O) groups is 1. The van der Waals surface area contributed by atoms with Crippen molar-refractivity contribution in [3.05, 3.63) is 47.4 Å². The lowest BCUT2D eigenvalue weighted by Gasteiger charge is -2.25. The van der Waals surface area contributed by atoms with Crippen molar-refractivity contribution in [3.8, 4) is 17.6 Å². The molecular weight excluding hydrogens is 520 g/mol. The van der Waals surface area contributed by atoms with Crippen molar-refractivity contribution in [3.63, 3.8) is 0 Å². The molecular formula is C30H36N8O3. The maximum absolute atomic E-state index is 12.2. The van der Waals surface area contributed by atoms with Gasteiger partial charge in [-0.05, 0) is 51.6 Å². The van der Waals surface area contributed by atoms with Crippen LogP contribution in [0.1, 0.15) is 48.9 Å². The number of pyridine rings is 1. The number of rotatable bonds is 7. The van der Waals surface area contributed by atoms with Crippen LogP contribution >= 0.6 is 0 Å². The number of aromatic nitrogens is 3. The van der Waals surface area contributed by atoms with E-state index in [9.17, 15) is 9.90 Å². The van der Waals surface area contributed by atoms with E-state index in [1.807, 2.05) is 23.1 Å². The van der Waals surface area contributed by atoms with Gasteiger partial charge in [-0.15, -0.1) is 0 Å². The van der Waals surface area contributed by atoms with Crippen LogP contribution in [0.2, 0.25) is 0 Å². The van der Waals surface area contributed by atoms with Gasteiger partial charge in [-0.25, -0.2) is 14.8 Å². The van der Waals surface area contributed by atoms with E-state index < -0.39 is 5.97 Å². The molecule has 41 heavy (non-hydrogen) atoms. The molecule has 4 N–H and O–H groups in total. The third kappa shape index (κ3) is 5.30. The number of nitrogens with zero attached hydrogens (tertiary/aromatic N) is 6. The number of aromatic carboxylic acids is 1. The van der Waals surface area contributed by atoms with Gasteiger partial charge in [-0.1, -0.05) is 19.8 Å². The number of benzene rings is 1. The summed E-state index contributed by atoms with van der Waals surface area (Å²) in [6.45, 7) is 8.18. The Kier molecular flexibility index (Phi) is 7.36. The largest absolute Gasteiger partial charge is 0.494 e. The fraction of sp³-hybridized carbons (Fsp3) is 0.400. The van der Waals surface area contributed by atoms with Crippen LogP contribution in [0.3, 0.4) is 0 Å². The van der Waals surface area contributed by atoms with Crippen LogP contribution in [0, 0.1) is 11.8 Å². The summed E-state index contributed by atoms with van der Waals surface area (Å²) < 4.78 is 5.71. The monoisotopic (exact) mass is 556 g/mol. The molecule has 4 heterocycles. The smallest absolute Gasteiger partial charge is 0.341 e. The molecule has 2 aromatic heterocycles. The lowest BCUT2D eigenvalue weighted by atomic mass is 9.91. The zero-order chi connectivity index (χ0) is 29.5. The topological polar surface area (TPSA) is 133 Å². The highest BCUT2D eigenvalue weighted by Gasteiger charge is 2.39. The van der Waals surface area contributed by atoms with Crippen LogP contribution in [0.15, 0.2) is 30.5 Å². The summed E-state index contributed by atoms with van der Waals surface area (Å²) in [5, 5.41) is 13.2. The Balaban J connectivity index is 1.50. The Hall–Kier alpha value is -4.56. The first-order valence-corrected chi connectivity index (χ1v) is 13.5. The molecule has 0 saturated carbocycles. The van der Waals surface area contributed by atoms with E-state index in [2.05, 4.69) is 64.9 Å². The number of nitrogens with one attached hydrogen (secondary N) is 1. The van der Waals surface area contributed by atoms with E-state index in [0.29, 0.717) is 35.4 Å². The quantitative estimate of drug-likeness (QED) is 0.289. The summed E-state index contributed by atoms with van der Waals surface area (Å²) in [4.78, 5) is 32.4. The predicted molar refractivity (Wildman–Crippen MR) is 161 cm³/mol. The van der Waals surface area contributed by atoms with Crippen LogP contribution in [-0.2, 0) is 5.41 Å². The third-order valence-corrected chi connectivity index (χ3v) is 7.70. The summed E-state index contributed by atoms with van der Waals surface area (Å²) in [6, 6.07) is 7.93. The molecule has 11 nitrogen and oxygen atoms in total. The van der Waals surface area contributed by atoms with E-state index in [-0.39, 0.29) is 22.7 Å². The number of hydrogen-bond acceptors (Lipinski definition) is 10. The number of anilines is 6. The maximum atomic E-state index is 12.2. The Bertz CT molecular complexity index is 1560. The fourth-order valence-electron chi connectivity index (χ4n) is 5.53. The van der Waals surface area contributed by atoms with Crippen molar-refractivity contribution >= 4 is 40.5 Å². The Labute approximate surface area is 240 Å². The highest BCUT2D eigenvalue weighted by atomic mass is 16.5. The average Bonchev–Trinajstić information content (AvgIpc) is 3.52. The number of ether oxygens (including phenoxy) is 1. The molecule has 1 aromatic carbocycles. The number of hydrogen-bond donors (Lipinski definition) is 3. The van der Waals surface area contributed by atoms with E-state index in [4.69, 9.17) is 15.5 Å². The minimum absolute atomic E-state index is 0.0112. The lowest BCUT2D eigenvalue weighted by Crippen LogP contribution is -2.31. The van der Waals surface area contributed by atoms with Crippen molar-refractivity contribution in [2.45, 2.75) is 38.6 Å². The first kappa shape index (κ1) is 28.0. The number of nitrogen functional groups attached to an aromatic ring is 1. The van der Waals surface area contributed by atoms with Gasteiger partial charge in [0.1, 0.15) is 17.0 Å². The van der Waals surface area contributed by atoms with E-state index >= 15 is 0 Å². The van der Waals surface area contributed by atoms with E-state index in [1.54, 1.807) is 20.1 Å². The van der Waals surface area contributed by atoms with Crippen LogP contribution in [0.25, 0.3) is 0 Å². The molecule has 5 rings (SSSR count). The van der Waals surface area contributed by atoms with Gasteiger partial charge in [-0.3, -0.25) is 0 Å². The van der Waals surface area contributed by atoms with Crippen molar-refractivity contribution in [2.75, 3.05) is 61.7 Å². The molecule has 11 heteroatoms. The van der Waals surface area contributed by atoms with Crippen LogP contribution in [-0.4, -0.2) is 77.8 Å². The van der Waals surface area contributed by atoms with Gasteiger partial charge in [0.2, 0.25) is 5.95 Å². The first-order chi connectivity index (χ1) is 19.5. The van der Waals surface area contributed by atoms with Gasteiger partial charge in [-0.2, -0.15) is 4.98 Å². The normalized spacial score (nSPS) is 17.3. The number of likely N-dealkylation sites (N-methyl/N-ethyl adjacent to an activating group) is 1. The number of nitrogens with two attached hydrogens (primary N) is 1. The molecule has 3 aromatic rings. The van der Waals surface area contributed by atoms with Crippen molar-refractivity contribution < 1.29 is 14.6 Å². The molecule has 0 spiro atoms. The van der Waals surface area contributed by atoms with Gasteiger partial charge >= 0.3 is 5.97 Å². The Morgan fingerprint density at radius 1 is 1.24 bits per heavy atom. The molecule has 214 valence electrons. The molecule has 0 amide bonds. The predicted octanol–water partition coefficient (Wildman–Crippen LogP) is 3.85. The minimum atomic E-state index is -1.12. The lowest BCUT2D eigenvalue weighted by molar-refractivity contribution is 0.0697. The SMILES string of the molecule is CC#Cc1ccc2c(n1)C(C)(C)CN2c1nc(Nc2cc(N)c(N3CC[C@@H](N(C)C)C3)cc2OC)ncc1C(=O)O. The van der Waals surface area contributed by atoms with Gasteiger partial charge in [0.25, 0.3) is 0 Å². The Morgan fingerprint density at radius 2 is 2.02 bits per heavy atom. The molecule has 0 radical (unpaired) electrons. The number of carboxylic acid groups (broad SMARTS) is 1. The minimum Gasteiger partial charge on any atom is -0.494 e. The average molecular weight is 557 g/mol. The van der Waals surface area contributed by atoms with Gasteiger partial charge in [0.05, 0.1) is 35.6 Å². The van der Waals surface area contributed by atoms with Gasteiger partial charge < -0.3 is 35.6 Å². The third-order valence-electron chi connectivity index (χ3n) is 7.70. The second-order valence-corrected chi connectivity index (χ2v) is 11.2. The molecule has 0 aliphatic carbocycles. The highest BCUT2D eigenvalue weighted by Crippen LogP contribution is 2.44. The molecule has 2 aliphatic heterocycles. The fourth-order valence-corrected chi connectivity index (χ4v) is 5.53. The molecule has 0 bridgehead atoms.